The van der Waals surface area contributed by atoms with Crippen LogP contribution < -0.4 is 5.32 Å². The van der Waals surface area contributed by atoms with Crippen LogP contribution in [0.15, 0.2) is 12.1 Å². The largest absolute Gasteiger partial charge is 0.324 e. The van der Waals surface area contributed by atoms with E-state index in [1.807, 2.05) is 12.1 Å². The van der Waals surface area contributed by atoms with Crippen molar-refractivity contribution in [2.75, 3.05) is 10.6 Å². The third-order valence-electron chi connectivity index (χ3n) is 1.39. The lowest BCUT2D eigenvalue weighted by Gasteiger charge is -2.09. The van der Waals surface area contributed by atoms with E-state index in [9.17, 15) is 4.79 Å². The van der Waals surface area contributed by atoms with Gasteiger partial charge in [0.2, 0.25) is 5.91 Å². The smallest absolute Gasteiger partial charge is 0.235 e. The van der Waals surface area contributed by atoms with E-state index in [4.69, 9.17) is 0 Å². The Hall–Kier alpha value is 1.36. The van der Waals surface area contributed by atoms with E-state index in [2.05, 4.69) is 89.0 Å². The minimum Gasteiger partial charge on any atom is -0.324 e. The zero-order chi connectivity index (χ0) is 10.7. The van der Waals surface area contributed by atoms with Gasteiger partial charge >= 0.3 is 0 Å². The van der Waals surface area contributed by atoms with E-state index < -0.39 is 0 Å². The predicted molar refractivity (Wildman–Crippen MR) is 87.0 cm³/mol. The van der Waals surface area contributed by atoms with E-state index in [0.717, 1.165) is 12.8 Å². The predicted octanol–water partition coefficient (Wildman–Crippen LogP) is 3.83. The molecule has 0 saturated heterocycles. The molecule has 1 amide bonds. The molecule has 0 bridgehead atoms. The Kier molecular flexibility index (Phi) is 5.93. The highest BCUT2D eigenvalue weighted by atomic mass is 127. The number of anilines is 1. The molecule has 0 saturated carbocycles. The second kappa shape index (κ2) is 6.18. The van der Waals surface area contributed by atoms with Gasteiger partial charge < -0.3 is 5.32 Å². The van der Waals surface area contributed by atoms with Gasteiger partial charge in [0.1, 0.15) is 0 Å². The third kappa shape index (κ3) is 3.74. The van der Waals surface area contributed by atoms with E-state index in [1.165, 1.54) is 3.57 Å². The molecule has 0 spiro atoms. The summed E-state index contributed by atoms with van der Waals surface area (Å²) in [5.74, 6) is -0.0259. The van der Waals surface area contributed by atoms with E-state index in [0.29, 0.717) is 5.33 Å². The summed E-state index contributed by atoms with van der Waals surface area (Å²) >= 11 is 9.82. The fourth-order valence-electron chi connectivity index (χ4n) is 0.834. The third-order valence-corrected chi connectivity index (χ3v) is 4.23. The van der Waals surface area contributed by atoms with E-state index in [1.54, 1.807) is 0 Å². The lowest BCUT2D eigenvalue weighted by atomic mass is 10.3. The van der Waals surface area contributed by atoms with Crippen molar-refractivity contribution in [3.8, 4) is 0 Å². The number of carbonyl (C=O) groups excluding carboxylic acids is 1. The standard InChI is InChI=1S/C8H5BrI3NO/c9-3-7(14)13-8-5(11)1-4(10)2-6(8)12/h1-2H,3H2,(H,13,14). The molecule has 0 aliphatic carbocycles. The first-order chi connectivity index (χ1) is 6.54. The van der Waals surface area contributed by atoms with Crippen molar-refractivity contribution >= 4 is 95.3 Å². The van der Waals surface area contributed by atoms with Crippen molar-refractivity contribution in [1.82, 2.24) is 0 Å². The summed E-state index contributed by atoms with van der Waals surface area (Å²) < 4.78 is 3.30. The monoisotopic (exact) mass is 591 g/mol. The number of halogens is 4. The van der Waals surface area contributed by atoms with Gasteiger partial charge in [-0.2, -0.15) is 0 Å². The molecule has 0 heterocycles. The maximum Gasteiger partial charge on any atom is 0.235 e. The zero-order valence-electron chi connectivity index (χ0n) is 6.78. The van der Waals surface area contributed by atoms with Crippen molar-refractivity contribution in [2.45, 2.75) is 0 Å². The average Bonchev–Trinajstić information content (AvgIpc) is 2.10. The molecule has 0 aliphatic rings. The van der Waals surface area contributed by atoms with Crippen molar-refractivity contribution in [3.05, 3.63) is 22.8 Å². The van der Waals surface area contributed by atoms with E-state index in [-0.39, 0.29) is 5.91 Å². The fraction of sp³-hybridized carbons (Fsp3) is 0.125. The number of nitrogens with one attached hydrogen (secondary N) is 1. The van der Waals surface area contributed by atoms with Crippen molar-refractivity contribution in [2.24, 2.45) is 0 Å². The molecular formula is C8H5BrI3NO. The molecule has 0 radical (unpaired) electrons. The van der Waals surface area contributed by atoms with Crippen LogP contribution >= 0.6 is 83.7 Å². The summed E-state index contributed by atoms with van der Waals surface area (Å²) in [6, 6.07) is 4.07. The van der Waals surface area contributed by atoms with Gasteiger partial charge in [0, 0.05) is 10.7 Å². The molecule has 1 aromatic rings. The highest BCUT2D eigenvalue weighted by Gasteiger charge is 2.08. The molecule has 2 nitrogen and oxygen atoms in total. The van der Waals surface area contributed by atoms with Gasteiger partial charge in [0.05, 0.1) is 11.0 Å². The number of rotatable bonds is 2. The van der Waals surface area contributed by atoms with Crippen LogP contribution in [-0.2, 0) is 4.79 Å². The minimum atomic E-state index is -0.0259. The number of benzene rings is 1. The van der Waals surface area contributed by atoms with Gasteiger partial charge in [-0.25, -0.2) is 0 Å². The lowest BCUT2D eigenvalue weighted by molar-refractivity contribution is -0.113. The van der Waals surface area contributed by atoms with Crippen molar-refractivity contribution in [3.63, 3.8) is 0 Å². The Balaban J connectivity index is 3.02. The first-order valence-electron chi connectivity index (χ1n) is 3.55. The summed E-state index contributed by atoms with van der Waals surface area (Å²) in [5.41, 5.74) is 0.899. The SMILES string of the molecule is O=C(CBr)Nc1c(I)cc(I)cc1I. The number of hydrogen-bond acceptors (Lipinski definition) is 1. The molecule has 0 aromatic heterocycles. The van der Waals surface area contributed by atoms with Gasteiger partial charge in [0.25, 0.3) is 0 Å². The Labute approximate surface area is 132 Å². The number of carbonyl (C=O) groups is 1. The number of alkyl halides is 1. The summed E-state index contributed by atoms with van der Waals surface area (Å²) in [4.78, 5) is 11.2. The minimum absolute atomic E-state index is 0.0259. The molecule has 1 aromatic carbocycles. The molecule has 0 atom stereocenters. The highest BCUT2D eigenvalue weighted by molar-refractivity contribution is 14.1. The summed E-state index contributed by atoms with van der Waals surface area (Å²) in [6.07, 6.45) is 0. The topological polar surface area (TPSA) is 29.1 Å². The molecule has 0 aliphatic heterocycles. The zero-order valence-corrected chi connectivity index (χ0v) is 14.8. The quantitative estimate of drug-likeness (QED) is 0.411. The number of amides is 1. The van der Waals surface area contributed by atoms with Crippen molar-refractivity contribution < 1.29 is 4.79 Å². The molecule has 1 rings (SSSR count). The van der Waals surface area contributed by atoms with Gasteiger partial charge in [-0.1, -0.05) is 15.9 Å². The second-order valence-corrected chi connectivity index (χ2v) is 6.56. The van der Waals surface area contributed by atoms with Gasteiger partial charge in [-0.3, -0.25) is 4.79 Å². The van der Waals surface area contributed by atoms with Crippen LogP contribution in [0.25, 0.3) is 0 Å². The highest BCUT2D eigenvalue weighted by Crippen LogP contribution is 2.27. The van der Waals surface area contributed by atoms with Gasteiger partial charge in [-0.15, -0.1) is 0 Å². The van der Waals surface area contributed by atoms with Crippen LogP contribution in [-0.4, -0.2) is 11.2 Å². The molecule has 14 heavy (non-hydrogen) atoms. The summed E-state index contributed by atoms with van der Waals surface area (Å²) in [7, 11) is 0. The normalized spacial score (nSPS) is 10.0. The summed E-state index contributed by atoms with van der Waals surface area (Å²) in [5, 5.41) is 3.18. The first-order valence-corrected chi connectivity index (χ1v) is 7.90. The van der Waals surface area contributed by atoms with Crippen LogP contribution in [0, 0.1) is 10.7 Å². The lowest BCUT2D eigenvalue weighted by Crippen LogP contribution is -2.14. The van der Waals surface area contributed by atoms with Crippen LogP contribution in [0.3, 0.4) is 0 Å². The maximum atomic E-state index is 11.2. The second-order valence-electron chi connectivity index (χ2n) is 2.43. The molecule has 0 fully saturated rings. The van der Waals surface area contributed by atoms with Gasteiger partial charge in [0.15, 0.2) is 0 Å². The van der Waals surface area contributed by atoms with Gasteiger partial charge in [-0.05, 0) is 79.9 Å². The maximum absolute atomic E-state index is 11.2. The van der Waals surface area contributed by atoms with Crippen LogP contribution in [0.1, 0.15) is 0 Å². The molecule has 6 heteroatoms. The number of hydrogen-bond donors (Lipinski definition) is 1. The Morgan fingerprint density at radius 3 is 2.21 bits per heavy atom. The molecule has 76 valence electrons. The fourth-order valence-corrected chi connectivity index (χ4v) is 4.83. The Morgan fingerprint density at radius 1 is 1.29 bits per heavy atom. The van der Waals surface area contributed by atoms with Crippen LogP contribution in [0.5, 0.6) is 0 Å². The van der Waals surface area contributed by atoms with Crippen LogP contribution in [0.4, 0.5) is 5.69 Å². The molecule has 0 unspecified atom stereocenters. The molecule has 1 N–H and O–H groups in total. The average molecular weight is 592 g/mol. The Bertz CT molecular complexity index is 347. The van der Waals surface area contributed by atoms with Crippen molar-refractivity contribution in [1.29, 1.82) is 0 Å². The first kappa shape index (κ1) is 13.4. The Morgan fingerprint density at radius 2 is 1.79 bits per heavy atom. The van der Waals surface area contributed by atoms with E-state index >= 15 is 0 Å². The molecular weight excluding hydrogens is 587 g/mol. The van der Waals surface area contributed by atoms with Crippen LogP contribution in [0.2, 0.25) is 0 Å². The summed E-state index contributed by atoms with van der Waals surface area (Å²) in [6.45, 7) is 0.